The van der Waals surface area contributed by atoms with Crippen LogP contribution in [0.5, 0.6) is 0 Å². The van der Waals surface area contributed by atoms with Crippen LogP contribution in [0.25, 0.3) is 17.7 Å². The van der Waals surface area contributed by atoms with Crippen molar-refractivity contribution in [3.05, 3.63) is 112 Å². The van der Waals surface area contributed by atoms with Crippen LogP contribution in [0.3, 0.4) is 0 Å². The first-order valence-electron chi connectivity index (χ1n) is 9.07. The molecule has 0 aliphatic heterocycles. The number of amides is 1. The molecule has 3 aromatic rings. The highest BCUT2D eigenvalue weighted by atomic mass is 35.5. The number of nitrogens with one attached hydrogen (secondary N) is 1. The molecule has 0 bridgehead atoms. The van der Waals surface area contributed by atoms with Crippen molar-refractivity contribution in [1.82, 2.24) is 5.32 Å². The zero-order valence-corrected chi connectivity index (χ0v) is 16.5. The van der Waals surface area contributed by atoms with Gasteiger partial charge in [0.25, 0.3) is 5.91 Å². The zero-order valence-electron chi connectivity index (χ0n) is 15.7. The second-order valence-electron chi connectivity index (χ2n) is 6.42. The highest BCUT2D eigenvalue weighted by Gasteiger charge is 2.18. The molecule has 0 aliphatic carbocycles. The number of hydrogen-bond donors (Lipinski definition) is 2. The predicted molar refractivity (Wildman–Crippen MR) is 115 cm³/mol. The second-order valence-corrected chi connectivity index (χ2v) is 6.86. The third-order valence-electron chi connectivity index (χ3n) is 4.20. The summed E-state index contributed by atoms with van der Waals surface area (Å²) in [6, 6.07) is 18.7. The van der Waals surface area contributed by atoms with Crippen LogP contribution < -0.4 is 5.32 Å². The van der Waals surface area contributed by atoms with Crippen molar-refractivity contribution in [3.8, 4) is 0 Å². The van der Waals surface area contributed by atoms with E-state index in [1.807, 2.05) is 30.3 Å². The van der Waals surface area contributed by atoms with Gasteiger partial charge in [0.15, 0.2) is 0 Å². The molecule has 0 saturated heterocycles. The van der Waals surface area contributed by atoms with Crippen LogP contribution in [-0.4, -0.2) is 17.2 Å². The number of halogens is 3. The summed E-state index contributed by atoms with van der Waals surface area (Å²) in [4.78, 5) is 12.8. The van der Waals surface area contributed by atoms with Crippen LogP contribution in [0.2, 0.25) is 5.02 Å². The molecular formula is C24H18ClF2NO2. The van der Waals surface area contributed by atoms with Crippen LogP contribution in [0, 0.1) is 11.6 Å². The lowest BCUT2D eigenvalue weighted by Crippen LogP contribution is -2.33. The quantitative estimate of drug-likeness (QED) is 0.319. The number of carbonyl (C=O) groups is 1. The van der Waals surface area contributed by atoms with Crippen LogP contribution in [0.4, 0.5) is 8.78 Å². The molecule has 0 saturated carbocycles. The van der Waals surface area contributed by atoms with Gasteiger partial charge in [0, 0.05) is 16.7 Å². The van der Waals surface area contributed by atoms with Gasteiger partial charge in [-0.2, -0.15) is 0 Å². The number of benzene rings is 3. The molecule has 6 heteroatoms. The molecule has 0 radical (unpaired) electrons. The van der Waals surface area contributed by atoms with E-state index in [1.165, 1.54) is 18.2 Å². The maximum atomic E-state index is 14.4. The van der Waals surface area contributed by atoms with E-state index in [2.05, 4.69) is 5.32 Å². The van der Waals surface area contributed by atoms with E-state index in [4.69, 9.17) is 11.6 Å². The molecule has 152 valence electrons. The van der Waals surface area contributed by atoms with Crippen molar-refractivity contribution >= 4 is 35.2 Å². The predicted octanol–water partition coefficient (Wildman–Crippen LogP) is 5.31. The lowest BCUT2D eigenvalue weighted by Gasteiger charge is -2.13. The maximum Gasteiger partial charge on any atom is 0.254 e. The Morgan fingerprint density at radius 3 is 2.33 bits per heavy atom. The van der Waals surface area contributed by atoms with Gasteiger partial charge in [-0.1, -0.05) is 60.1 Å². The molecule has 2 N–H and O–H groups in total. The summed E-state index contributed by atoms with van der Waals surface area (Å²) in [7, 11) is 0. The number of rotatable bonds is 6. The SMILES string of the molecule is O=C(NC(O)/C=C/c1ccccc1)/C(=C/c1ccc(Cl)cc1)c1ccc(F)cc1F. The number of carbonyl (C=O) groups excluding carboxylic acids is 1. The van der Waals surface area contributed by atoms with Gasteiger partial charge in [-0.3, -0.25) is 4.79 Å². The lowest BCUT2D eigenvalue weighted by molar-refractivity contribution is -0.117. The summed E-state index contributed by atoms with van der Waals surface area (Å²) >= 11 is 5.88. The lowest BCUT2D eigenvalue weighted by atomic mass is 10.0. The van der Waals surface area contributed by atoms with Crippen molar-refractivity contribution in [3.63, 3.8) is 0 Å². The summed E-state index contributed by atoms with van der Waals surface area (Å²) in [5.41, 5.74) is 1.26. The molecule has 1 unspecified atom stereocenters. The Bertz CT molecular complexity index is 1080. The first kappa shape index (κ1) is 21.4. The minimum Gasteiger partial charge on any atom is -0.370 e. The van der Waals surface area contributed by atoms with Gasteiger partial charge < -0.3 is 10.4 Å². The average Bonchev–Trinajstić information content (AvgIpc) is 2.73. The normalized spacial score (nSPS) is 12.7. The first-order chi connectivity index (χ1) is 14.4. The third kappa shape index (κ3) is 5.86. The Balaban J connectivity index is 1.88. The standard InChI is InChI=1S/C24H18ClF2NO2/c25-18-9-6-17(7-10-18)14-21(20-12-11-19(26)15-22(20)27)24(30)28-23(29)13-8-16-4-2-1-3-5-16/h1-15,23,29H,(H,28,30)/b13-8+,21-14+. The van der Waals surface area contributed by atoms with Crippen molar-refractivity contribution in [1.29, 1.82) is 0 Å². The zero-order chi connectivity index (χ0) is 21.5. The molecule has 3 aromatic carbocycles. The molecular weight excluding hydrogens is 408 g/mol. The molecule has 1 atom stereocenters. The monoisotopic (exact) mass is 425 g/mol. The molecule has 0 heterocycles. The van der Waals surface area contributed by atoms with Gasteiger partial charge in [-0.25, -0.2) is 8.78 Å². The maximum absolute atomic E-state index is 14.4. The van der Waals surface area contributed by atoms with E-state index in [9.17, 15) is 18.7 Å². The summed E-state index contributed by atoms with van der Waals surface area (Å²) in [5.74, 6) is -2.37. The fourth-order valence-electron chi connectivity index (χ4n) is 2.73. The van der Waals surface area contributed by atoms with Crippen molar-refractivity contribution < 1.29 is 18.7 Å². The van der Waals surface area contributed by atoms with Gasteiger partial charge in [0.1, 0.15) is 17.9 Å². The number of hydrogen-bond acceptors (Lipinski definition) is 2. The topological polar surface area (TPSA) is 49.3 Å². The van der Waals surface area contributed by atoms with Gasteiger partial charge >= 0.3 is 0 Å². The van der Waals surface area contributed by atoms with E-state index in [-0.39, 0.29) is 11.1 Å². The molecule has 0 fully saturated rings. The van der Waals surface area contributed by atoms with Crippen LogP contribution >= 0.6 is 11.6 Å². The largest absolute Gasteiger partial charge is 0.370 e. The van der Waals surface area contributed by atoms with E-state index >= 15 is 0 Å². The summed E-state index contributed by atoms with van der Waals surface area (Å²) in [6.07, 6.45) is 3.17. The Morgan fingerprint density at radius 2 is 1.67 bits per heavy atom. The van der Waals surface area contributed by atoms with Gasteiger partial charge in [-0.05, 0) is 47.5 Å². The smallest absolute Gasteiger partial charge is 0.254 e. The Labute approximate surface area is 177 Å². The molecule has 0 aromatic heterocycles. The Kier molecular flexibility index (Phi) is 7.12. The van der Waals surface area contributed by atoms with Gasteiger partial charge in [0.2, 0.25) is 0 Å². The fourth-order valence-corrected chi connectivity index (χ4v) is 2.85. The fraction of sp³-hybridized carbons (Fsp3) is 0.0417. The molecule has 0 spiro atoms. The van der Waals surface area contributed by atoms with Gasteiger partial charge in [-0.15, -0.1) is 0 Å². The molecule has 30 heavy (non-hydrogen) atoms. The van der Waals surface area contributed by atoms with E-state index < -0.39 is 23.8 Å². The van der Waals surface area contributed by atoms with Gasteiger partial charge in [0.05, 0.1) is 5.57 Å². The van der Waals surface area contributed by atoms with E-state index in [0.717, 1.165) is 11.6 Å². The molecule has 3 rings (SSSR count). The summed E-state index contributed by atoms with van der Waals surface area (Å²) in [5, 5.41) is 13.1. The second kappa shape index (κ2) is 9.96. The molecule has 0 aliphatic rings. The van der Waals surface area contributed by atoms with Crippen LogP contribution in [0.15, 0.2) is 78.9 Å². The highest BCUT2D eigenvalue weighted by molar-refractivity contribution is 6.30. The number of aliphatic hydroxyl groups excluding tert-OH is 1. The first-order valence-corrected chi connectivity index (χ1v) is 9.45. The van der Waals surface area contributed by atoms with Crippen LogP contribution in [-0.2, 0) is 4.79 Å². The summed E-state index contributed by atoms with van der Waals surface area (Å²) < 4.78 is 27.7. The van der Waals surface area contributed by atoms with Crippen molar-refractivity contribution in [2.75, 3.05) is 0 Å². The Hall–Kier alpha value is -3.28. The summed E-state index contributed by atoms with van der Waals surface area (Å²) in [6.45, 7) is 0. The van der Waals surface area contributed by atoms with Crippen molar-refractivity contribution in [2.45, 2.75) is 6.23 Å². The minimum absolute atomic E-state index is 0.0676. The van der Waals surface area contributed by atoms with Crippen LogP contribution in [0.1, 0.15) is 16.7 Å². The number of aliphatic hydroxyl groups is 1. The van der Waals surface area contributed by atoms with Crippen molar-refractivity contribution in [2.24, 2.45) is 0 Å². The molecule has 3 nitrogen and oxygen atoms in total. The highest BCUT2D eigenvalue weighted by Crippen LogP contribution is 2.23. The molecule has 1 amide bonds. The third-order valence-corrected chi connectivity index (χ3v) is 4.45. The minimum atomic E-state index is -1.31. The van der Waals surface area contributed by atoms with E-state index in [0.29, 0.717) is 16.7 Å². The van der Waals surface area contributed by atoms with E-state index in [1.54, 1.807) is 30.3 Å². The Morgan fingerprint density at radius 1 is 0.967 bits per heavy atom. The average molecular weight is 426 g/mol.